The van der Waals surface area contributed by atoms with Crippen LogP contribution in [0.4, 0.5) is 0 Å². The van der Waals surface area contributed by atoms with Crippen LogP contribution in [0.1, 0.15) is 26.7 Å². The molecular weight excluding hydrogens is 148 g/mol. The molecule has 2 heterocycles. The van der Waals surface area contributed by atoms with Crippen molar-refractivity contribution >= 4 is 0 Å². The van der Waals surface area contributed by atoms with Crippen LogP contribution in [0, 0.1) is 11.8 Å². The lowest BCUT2D eigenvalue weighted by Crippen LogP contribution is -2.43. The van der Waals surface area contributed by atoms with Gasteiger partial charge in [0.15, 0.2) is 0 Å². The first-order valence-corrected chi connectivity index (χ1v) is 5.25. The molecule has 2 atom stereocenters. The highest BCUT2D eigenvalue weighted by Gasteiger charge is 2.32. The molecule has 2 nitrogen and oxygen atoms in total. The van der Waals surface area contributed by atoms with Crippen molar-refractivity contribution in [3.63, 3.8) is 0 Å². The quantitative estimate of drug-likeness (QED) is 0.634. The van der Waals surface area contributed by atoms with Crippen LogP contribution in [0.3, 0.4) is 0 Å². The van der Waals surface area contributed by atoms with Crippen molar-refractivity contribution in [2.24, 2.45) is 11.8 Å². The molecule has 2 heteroatoms. The van der Waals surface area contributed by atoms with Gasteiger partial charge in [0.2, 0.25) is 0 Å². The molecule has 2 rings (SSSR count). The van der Waals surface area contributed by atoms with Gasteiger partial charge in [-0.25, -0.2) is 0 Å². The lowest BCUT2D eigenvalue weighted by atomic mass is 9.85. The van der Waals surface area contributed by atoms with Gasteiger partial charge in [-0.05, 0) is 31.2 Å². The summed E-state index contributed by atoms with van der Waals surface area (Å²) in [4.78, 5) is 2.60. The largest absolute Gasteiger partial charge is 0.300 e. The fourth-order valence-corrected chi connectivity index (χ4v) is 2.50. The number of hydrogen-bond acceptors (Lipinski definition) is 2. The molecule has 2 aliphatic rings. The molecule has 0 aromatic carbocycles. The second-order valence-corrected chi connectivity index (χ2v) is 4.53. The smallest absolute Gasteiger partial charge is 0.0600 e. The monoisotopic (exact) mass is 168 g/mol. The van der Waals surface area contributed by atoms with Crippen LogP contribution in [0.25, 0.3) is 0 Å². The maximum atomic E-state index is 3.57. The number of nitrogens with one attached hydrogen (secondary N) is 1. The van der Waals surface area contributed by atoms with Crippen LogP contribution in [0.5, 0.6) is 0 Å². The zero-order valence-electron chi connectivity index (χ0n) is 8.21. The van der Waals surface area contributed by atoms with Crippen LogP contribution in [0.2, 0.25) is 0 Å². The van der Waals surface area contributed by atoms with Crippen LogP contribution in [-0.4, -0.2) is 30.7 Å². The normalized spacial score (nSPS) is 37.2. The average molecular weight is 168 g/mol. The van der Waals surface area contributed by atoms with Crippen molar-refractivity contribution < 1.29 is 0 Å². The molecule has 0 aromatic heterocycles. The predicted octanol–water partition coefficient (Wildman–Crippen LogP) is 1.28. The molecule has 1 N–H and O–H groups in total. The minimum atomic E-state index is 0.714. The summed E-state index contributed by atoms with van der Waals surface area (Å²) in [6.07, 6.45) is 3.50. The van der Waals surface area contributed by atoms with Gasteiger partial charge in [-0.15, -0.1) is 0 Å². The van der Waals surface area contributed by atoms with Gasteiger partial charge in [0, 0.05) is 13.1 Å². The molecule has 2 unspecified atom stereocenters. The second kappa shape index (κ2) is 3.35. The zero-order chi connectivity index (χ0) is 8.55. The fourth-order valence-electron chi connectivity index (χ4n) is 2.50. The fraction of sp³-hybridized carbons (Fsp3) is 1.00. The topological polar surface area (TPSA) is 15.3 Å². The summed E-state index contributed by atoms with van der Waals surface area (Å²) in [7, 11) is 0. The number of rotatable bonds is 1. The minimum absolute atomic E-state index is 0.714. The van der Waals surface area contributed by atoms with E-state index >= 15 is 0 Å². The molecule has 0 bridgehead atoms. The first-order chi connectivity index (χ1) is 5.77. The highest BCUT2D eigenvalue weighted by atomic mass is 15.3. The molecule has 70 valence electrons. The summed E-state index contributed by atoms with van der Waals surface area (Å²) in [5, 5.41) is 3.57. The summed E-state index contributed by atoms with van der Waals surface area (Å²) in [6, 6.07) is 0. The summed E-state index contributed by atoms with van der Waals surface area (Å²) >= 11 is 0. The van der Waals surface area contributed by atoms with Crippen LogP contribution >= 0.6 is 0 Å². The number of piperidine rings is 1. The van der Waals surface area contributed by atoms with Gasteiger partial charge in [0.05, 0.1) is 6.17 Å². The van der Waals surface area contributed by atoms with Crippen molar-refractivity contribution in [1.82, 2.24) is 10.2 Å². The van der Waals surface area contributed by atoms with Gasteiger partial charge in [-0.1, -0.05) is 13.8 Å². The Bertz CT molecular complexity index is 156. The van der Waals surface area contributed by atoms with Gasteiger partial charge in [-0.3, -0.25) is 4.90 Å². The van der Waals surface area contributed by atoms with E-state index in [0.29, 0.717) is 6.17 Å². The van der Waals surface area contributed by atoms with Crippen molar-refractivity contribution in [3.8, 4) is 0 Å². The maximum absolute atomic E-state index is 3.57. The van der Waals surface area contributed by atoms with E-state index in [1.165, 1.54) is 32.5 Å². The van der Waals surface area contributed by atoms with E-state index in [0.717, 1.165) is 11.8 Å². The van der Waals surface area contributed by atoms with Gasteiger partial charge in [0.25, 0.3) is 0 Å². The lowest BCUT2D eigenvalue weighted by molar-refractivity contribution is 0.119. The second-order valence-electron chi connectivity index (χ2n) is 4.53. The number of fused-ring (bicyclic) bond motifs is 1. The zero-order valence-corrected chi connectivity index (χ0v) is 8.21. The first-order valence-electron chi connectivity index (χ1n) is 5.25. The third-order valence-corrected chi connectivity index (χ3v) is 3.48. The molecule has 2 aliphatic heterocycles. The van der Waals surface area contributed by atoms with E-state index in [1.807, 2.05) is 0 Å². The number of nitrogens with zero attached hydrogens (tertiary/aromatic N) is 1. The highest BCUT2D eigenvalue weighted by Crippen LogP contribution is 2.28. The van der Waals surface area contributed by atoms with E-state index < -0.39 is 0 Å². The molecule has 2 saturated heterocycles. The Morgan fingerprint density at radius 3 is 2.92 bits per heavy atom. The Morgan fingerprint density at radius 1 is 1.33 bits per heavy atom. The molecule has 0 radical (unpaired) electrons. The van der Waals surface area contributed by atoms with E-state index in [-0.39, 0.29) is 0 Å². The van der Waals surface area contributed by atoms with Crippen molar-refractivity contribution in [2.45, 2.75) is 32.9 Å². The molecule has 2 fully saturated rings. The maximum Gasteiger partial charge on any atom is 0.0600 e. The third kappa shape index (κ3) is 1.50. The molecule has 0 spiro atoms. The van der Waals surface area contributed by atoms with Crippen LogP contribution < -0.4 is 5.32 Å². The third-order valence-electron chi connectivity index (χ3n) is 3.48. The summed E-state index contributed by atoms with van der Waals surface area (Å²) in [5.74, 6) is 1.83. The Balaban J connectivity index is 1.92. The Kier molecular flexibility index (Phi) is 2.37. The van der Waals surface area contributed by atoms with E-state index in [4.69, 9.17) is 0 Å². The molecule has 12 heavy (non-hydrogen) atoms. The van der Waals surface area contributed by atoms with Gasteiger partial charge in [0.1, 0.15) is 0 Å². The Morgan fingerprint density at radius 2 is 2.17 bits per heavy atom. The van der Waals surface area contributed by atoms with Gasteiger partial charge >= 0.3 is 0 Å². The highest BCUT2D eigenvalue weighted by molar-refractivity contribution is 4.85. The van der Waals surface area contributed by atoms with E-state index in [1.54, 1.807) is 0 Å². The molecule has 0 aliphatic carbocycles. The molecule has 0 saturated carbocycles. The minimum Gasteiger partial charge on any atom is -0.300 e. The lowest BCUT2D eigenvalue weighted by Gasteiger charge is -2.36. The molecule has 0 aromatic rings. The average Bonchev–Trinajstić information content (AvgIpc) is 2.49. The summed E-state index contributed by atoms with van der Waals surface area (Å²) < 4.78 is 0. The van der Waals surface area contributed by atoms with E-state index in [9.17, 15) is 0 Å². The van der Waals surface area contributed by atoms with E-state index in [2.05, 4.69) is 24.1 Å². The Labute approximate surface area is 75.3 Å². The van der Waals surface area contributed by atoms with Gasteiger partial charge in [-0.2, -0.15) is 0 Å². The van der Waals surface area contributed by atoms with Crippen molar-refractivity contribution in [1.29, 1.82) is 0 Å². The molecule has 0 amide bonds. The van der Waals surface area contributed by atoms with Crippen LogP contribution in [-0.2, 0) is 0 Å². The van der Waals surface area contributed by atoms with Crippen molar-refractivity contribution in [2.75, 3.05) is 19.6 Å². The predicted molar refractivity (Wildman–Crippen MR) is 50.9 cm³/mol. The summed E-state index contributed by atoms with van der Waals surface area (Å²) in [5.41, 5.74) is 0. The SMILES string of the molecule is CC(C)C1CCN2CCNC2C1. The Hall–Kier alpha value is -0.0800. The van der Waals surface area contributed by atoms with Crippen molar-refractivity contribution in [3.05, 3.63) is 0 Å². The first kappa shape index (κ1) is 8.52. The van der Waals surface area contributed by atoms with Gasteiger partial charge < -0.3 is 5.32 Å². The molecular formula is C10H20N2. The standard InChI is InChI=1S/C10H20N2/c1-8(2)9-3-5-12-6-4-11-10(12)7-9/h8-11H,3-7H2,1-2H3. The number of hydrogen-bond donors (Lipinski definition) is 1. The summed E-state index contributed by atoms with van der Waals surface area (Å²) in [6.45, 7) is 8.51. The van der Waals surface area contributed by atoms with Crippen LogP contribution in [0.15, 0.2) is 0 Å².